The van der Waals surface area contributed by atoms with Crippen LogP contribution in [-0.2, 0) is 9.53 Å². The standard InChI is InChI=1S/C28H34N2O7Si/c1-18-12-25(31)27(26(13-18)38(2,3)24-10-5-4-6-11-24)19-8-7-9-23(16-19)37-28(32)20-14-21(29(33)34)17-22(15-20)30(35)36/h4-6,10-11,14-15,17-19,23,26-27H,7-9,12-13,16H2,1-3H3/t18-,19-,23+,26+,27-/m0/s1. The Hall–Kier alpha value is -3.40. The highest BCUT2D eigenvalue weighted by Crippen LogP contribution is 2.49. The van der Waals surface area contributed by atoms with Gasteiger partial charge in [0.2, 0.25) is 0 Å². The van der Waals surface area contributed by atoms with Gasteiger partial charge in [0.25, 0.3) is 11.4 Å². The molecule has 10 heteroatoms. The van der Waals surface area contributed by atoms with Crippen molar-refractivity contribution in [1.29, 1.82) is 0 Å². The van der Waals surface area contributed by atoms with Gasteiger partial charge in [-0.3, -0.25) is 25.0 Å². The van der Waals surface area contributed by atoms with Crippen LogP contribution in [0.25, 0.3) is 0 Å². The van der Waals surface area contributed by atoms with E-state index in [1.54, 1.807) is 0 Å². The number of nitrogens with zero attached hydrogens (tertiary/aromatic N) is 2. The quantitative estimate of drug-likeness (QED) is 0.188. The van der Waals surface area contributed by atoms with Gasteiger partial charge in [-0.25, -0.2) is 4.79 Å². The van der Waals surface area contributed by atoms with Gasteiger partial charge in [-0.15, -0.1) is 0 Å². The molecule has 0 heterocycles. The molecule has 2 aliphatic rings. The summed E-state index contributed by atoms with van der Waals surface area (Å²) in [6.45, 7) is 6.85. The topological polar surface area (TPSA) is 130 Å². The zero-order chi connectivity index (χ0) is 27.6. The lowest BCUT2D eigenvalue weighted by molar-refractivity contribution is -0.394. The van der Waals surface area contributed by atoms with Crippen molar-refractivity contribution in [3.63, 3.8) is 0 Å². The largest absolute Gasteiger partial charge is 0.459 e. The van der Waals surface area contributed by atoms with Crippen molar-refractivity contribution >= 4 is 36.4 Å². The number of carbonyl (C=O) groups is 2. The van der Waals surface area contributed by atoms with E-state index in [0.717, 1.165) is 37.5 Å². The molecule has 202 valence electrons. The van der Waals surface area contributed by atoms with E-state index in [0.29, 0.717) is 31.0 Å². The Morgan fingerprint density at radius 3 is 2.21 bits per heavy atom. The molecule has 2 aromatic rings. The highest BCUT2D eigenvalue weighted by Gasteiger charge is 2.49. The van der Waals surface area contributed by atoms with Crippen LogP contribution < -0.4 is 5.19 Å². The molecule has 9 nitrogen and oxygen atoms in total. The Morgan fingerprint density at radius 1 is 0.974 bits per heavy atom. The summed E-state index contributed by atoms with van der Waals surface area (Å²) in [5.74, 6) is -0.186. The summed E-state index contributed by atoms with van der Waals surface area (Å²) >= 11 is 0. The molecular formula is C28H34N2O7Si. The molecule has 0 amide bonds. The molecule has 0 aliphatic heterocycles. The fourth-order valence-corrected chi connectivity index (χ4v) is 10.4. The van der Waals surface area contributed by atoms with E-state index in [9.17, 15) is 29.8 Å². The predicted octanol–water partition coefficient (Wildman–Crippen LogP) is 5.82. The van der Waals surface area contributed by atoms with Gasteiger partial charge in [0.1, 0.15) is 11.9 Å². The first-order chi connectivity index (χ1) is 18.0. The smallest absolute Gasteiger partial charge is 0.338 e. The SMILES string of the molecule is C[C@H]1CC(=O)[C@H]([C@H]2CCC[C@@H](OC(=O)c3cc([N+](=O)[O-])cc([N+](=O)[O-])c3)C2)[C@H]([Si](C)(C)c2ccccc2)C1. The minimum absolute atomic E-state index is 0.0847. The van der Waals surface area contributed by atoms with Gasteiger partial charge < -0.3 is 4.74 Å². The van der Waals surface area contributed by atoms with Gasteiger partial charge in [0, 0.05) is 24.5 Å². The maximum absolute atomic E-state index is 13.5. The van der Waals surface area contributed by atoms with E-state index in [-0.39, 0.29) is 22.9 Å². The Bertz CT molecular complexity index is 1200. The molecule has 2 saturated carbocycles. The molecule has 4 rings (SSSR count). The Kier molecular flexibility index (Phi) is 8.10. The Balaban J connectivity index is 1.55. The first kappa shape index (κ1) is 27.6. The van der Waals surface area contributed by atoms with Crippen molar-refractivity contribution in [3.8, 4) is 0 Å². The molecule has 5 atom stereocenters. The van der Waals surface area contributed by atoms with Crippen LogP contribution in [-0.4, -0.2) is 35.8 Å². The average Bonchev–Trinajstić information content (AvgIpc) is 2.88. The van der Waals surface area contributed by atoms with Crippen molar-refractivity contribution < 1.29 is 24.2 Å². The number of ether oxygens (including phenoxy) is 1. The van der Waals surface area contributed by atoms with Crippen molar-refractivity contribution in [1.82, 2.24) is 0 Å². The average molecular weight is 539 g/mol. The third kappa shape index (κ3) is 5.85. The molecule has 0 radical (unpaired) electrons. The number of ketones is 1. The number of nitro benzene ring substituents is 2. The van der Waals surface area contributed by atoms with Crippen LogP contribution in [0, 0.1) is 38.0 Å². The first-order valence-corrected chi connectivity index (χ1v) is 16.3. The van der Waals surface area contributed by atoms with Crippen molar-refractivity contribution in [2.75, 3.05) is 0 Å². The molecule has 0 N–H and O–H groups in total. The maximum atomic E-state index is 13.5. The van der Waals surface area contributed by atoms with Crippen LogP contribution >= 0.6 is 0 Å². The number of hydrogen-bond acceptors (Lipinski definition) is 7. The van der Waals surface area contributed by atoms with Gasteiger partial charge in [-0.1, -0.05) is 55.5 Å². The van der Waals surface area contributed by atoms with E-state index in [1.807, 2.05) is 6.07 Å². The van der Waals surface area contributed by atoms with Crippen LogP contribution in [0.4, 0.5) is 11.4 Å². The fourth-order valence-electron chi connectivity index (χ4n) is 6.54. The monoisotopic (exact) mass is 538 g/mol. The minimum atomic E-state index is -2.01. The Morgan fingerprint density at radius 2 is 1.61 bits per heavy atom. The van der Waals surface area contributed by atoms with Crippen LogP contribution in [0.15, 0.2) is 48.5 Å². The van der Waals surface area contributed by atoms with E-state index >= 15 is 0 Å². The second-order valence-electron chi connectivity index (χ2n) is 11.4. The summed E-state index contributed by atoms with van der Waals surface area (Å²) in [6, 6.07) is 13.3. The number of esters is 1. The predicted molar refractivity (Wildman–Crippen MR) is 145 cm³/mol. The lowest BCUT2D eigenvalue weighted by Crippen LogP contribution is -2.54. The zero-order valence-electron chi connectivity index (χ0n) is 22.0. The molecule has 0 bridgehead atoms. The van der Waals surface area contributed by atoms with Gasteiger partial charge >= 0.3 is 5.97 Å². The number of nitro groups is 2. The molecule has 0 saturated heterocycles. The van der Waals surface area contributed by atoms with Crippen LogP contribution in [0.2, 0.25) is 18.6 Å². The molecule has 0 aromatic heterocycles. The fraction of sp³-hybridized carbons (Fsp3) is 0.500. The van der Waals surface area contributed by atoms with Gasteiger partial charge in [-0.05, 0) is 49.5 Å². The van der Waals surface area contributed by atoms with E-state index < -0.39 is 41.4 Å². The number of carbonyl (C=O) groups excluding carboxylic acids is 2. The summed E-state index contributed by atoms with van der Waals surface area (Å²) in [6.07, 6.45) is 3.98. The number of hydrogen-bond donors (Lipinski definition) is 0. The van der Waals surface area contributed by atoms with Gasteiger partial charge in [-0.2, -0.15) is 0 Å². The molecule has 0 unspecified atom stereocenters. The number of benzene rings is 2. The summed E-state index contributed by atoms with van der Waals surface area (Å²) in [5.41, 5.74) is -1.01. The van der Waals surface area contributed by atoms with Crippen LogP contribution in [0.3, 0.4) is 0 Å². The van der Waals surface area contributed by atoms with E-state index in [4.69, 9.17) is 4.74 Å². The van der Waals surface area contributed by atoms with Crippen LogP contribution in [0.1, 0.15) is 55.8 Å². The molecular weight excluding hydrogens is 504 g/mol. The lowest BCUT2D eigenvalue weighted by Gasteiger charge is -2.47. The minimum Gasteiger partial charge on any atom is -0.459 e. The molecule has 2 aliphatic carbocycles. The first-order valence-electron chi connectivity index (χ1n) is 13.2. The number of non-ortho nitro benzene ring substituents is 2. The normalized spacial score (nSPS) is 26.0. The van der Waals surface area contributed by atoms with E-state index in [2.05, 4.69) is 44.3 Å². The van der Waals surface area contributed by atoms with Crippen molar-refractivity contribution in [2.24, 2.45) is 17.8 Å². The van der Waals surface area contributed by atoms with Gasteiger partial charge in [0.15, 0.2) is 0 Å². The molecule has 2 aromatic carbocycles. The van der Waals surface area contributed by atoms with Gasteiger partial charge in [0.05, 0.1) is 29.6 Å². The third-order valence-corrected chi connectivity index (χ3v) is 12.7. The summed E-state index contributed by atoms with van der Waals surface area (Å²) in [7, 11) is -2.01. The third-order valence-electron chi connectivity index (χ3n) is 8.46. The van der Waals surface area contributed by atoms with Crippen molar-refractivity contribution in [3.05, 3.63) is 74.3 Å². The number of Topliss-reactive ketones (excluding diaryl/α,β-unsaturated/α-hetero) is 1. The highest BCUT2D eigenvalue weighted by molar-refractivity contribution is 6.91. The van der Waals surface area contributed by atoms with E-state index in [1.165, 1.54) is 5.19 Å². The highest BCUT2D eigenvalue weighted by atomic mass is 28.3. The second kappa shape index (κ2) is 11.1. The zero-order valence-corrected chi connectivity index (χ0v) is 23.0. The summed E-state index contributed by atoms with van der Waals surface area (Å²) in [4.78, 5) is 47.4. The lowest BCUT2D eigenvalue weighted by atomic mass is 9.69. The summed E-state index contributed by atoms with van der Waals surface area (Å²) in [5, 5.41) is 23.8. The number of rotatable bonds is 7. The molecule has 38 heavy (non-hydrogen) atoms. The molecule has 0 spiro atoms. The van der Waals surface area contributed by atoms with Crippen molar-refractivity contribution in [2.45, 2.75) is 70.2 Å². The Labute approximate surface area is 222 Å². The summed E-state index contributed by atoms with van der Waals surface area (Å²) < 4.78 is 5.75. The second-order valence-corrected chi connectivity index (χ2v) is 16.2. The maximum Gasteiger partial charge on any atom is 0.338 e. The van der Waals surface area contributed by atoms with Crippen LogP contribution in [0.5, 0.6) is 0 Å². The molecule has 2 fully saturated rings.